The standard InChI is InChI=1S/C23H27FN6S/c1-28-22(20-8-2-3-10-25-20)26-27-23(28)31-13-5-11-29-15-17-9-12-30(21(17)16-29)19-7-4-6-18(24)14-19/h2-4,6-8,10,14,17,21H,5,9,11-13,15-16H2,1H3. The van der Waals surface area contributed by atoms with E-state index in [1.165, 1.54) is 12.5 Å². The molecule has 0 N–H and O–H groups in total. The van der Waals surface area contributed by atoms with Crippen LogP contribution in [-0.2, 0) is 7.05 Å². The number of rotatable bonds is 7. The molecule has 5 rings (SSSR count). The van der Waals surface area contributed by atoms with Gasteiger partial charge in [-0.1, -0.05) is 23.9 Å². The van der Waals surface area contributed by atoms with E-state index in [1.807, 2.05) is 41.9 Å². The van der Waals surface area contributed by atoms with Gasteiger partial charge in [0.05, 0.1) is 0 Å². The number of benzene rings is 1. The van der Waals surface area contributed by atoms with Crippen molar-refractivity contribution in [2.45, 2.75) is 24.0 Å². The van der Waals surface area contributed by atoms with Gasteiger partial charge in [0.15, 0.2) is 11.0 Å². The van der Waals surface area contributed by atoms with Gasteiger partial charge in [0.2, 0.25) is 0 Å². The zero-order valence-electron chi connectivity index (χ0n) is 17.7. The third kappa shape index (κ3) is 4.32. The number of aromatic nitrogens is 4. The summed E-state index contributed by atoms with van der Waals surface area (Å²) in [5.74, 6) is 2.35. The Labute approximate surface area is 186 Å². The van der Waals surface area contributed by atoms with Gasteiger partial charge in [-0.05, 0) is 55.6 Å². The molecule has 2 fully saturated rings. The Bertz CT molecular complexity index is 1030. The maximum Gasteiger partial charge on any atom is 0.191 e. The van der Waals surface area contributed by atoms with Crippen molar-refractivity contribution in [2.24, 2.45) is 13.0 Å². The van der Waals surface area contributed by atoms with Crippen LogP contribution in [0.2, 0.25) is 0 Å². The van der Waals surface area contributed by atoms with Crippen molar-refractivity contribution in [1.82, 2.24) is 24.6 Å². The van der Waals surface area contributed by atoms with E-state index in [-0.39, 0.29) is 5.82 Å². The van der Waals surface area contributed by atoms with Crippen molar-refractivity contribution in [2.75, 3.05) is 36.8 Å². The highest BCUT2D eigenvalue weighted by atomic mass is 32.2. The summed E-state index contributed by atoms with van der Waals surface area (Å²) in [7, 11) is 2.00. The summed E-state index contributed by atoms with van der Waals surface area (Å²) in [6.45, 7) is 4.34. The molecule has 0 bridgehead atoms. The van der Waals surface area contributed by atoms with Gasteiger partial charge in [0, 0.05) is 50.4 Å². The summed E-state index contributed by atoms with van der Waals surface area (Å²) >= 11 is 1.75. The molecule has 6 nitrogen and oxygen atoms in total. The molecule has 0 spiro atoms. The van der Waals surface area contributed by atoms with Crippen LogP contribution in [0, 0.1) is 11.7 Å². The number of pyridine rings is 1. The minimum absolute atomic E-state index is 0.150. The predicted molar refractivity (Wildman–Crippen MR) is 122 cm³/mol. The molecule has 3 aromatic rings. The summed E-state index contributed by atoms with van der Waals surface area (Å²) in [4.78, 5) is 9.34. The third-order valence-corrected chi connectivity index (χ3v) is 7.45. The van der Waals surface area contributed by atoms with E-state index in [4.69, 9.17) is 0 Å². The first-order valence-corrected chi connectivity index (χ1v) is 11.9. The summed E-state index contributed by atoms with van der Waals surface area (Å²) in [5.41, 5.74) is 1.87. The zero-order chi connectivity index (χ0) is 21.2. The molecule has 2 aliphatic heterocycles. The van der Waals surface area contributed by atoms with Crippen LogP contribution in [0.1, 0.15) is 12.8 Å². The van der Waals surface area contributed by atoms with E-state index < -0.39 is 0 Å². The van der Waals surface area contributed by atoms with Crippen LogP contribution in [0.5, 0.6) is 0 Å². The number of likely N-dealkylation sites (tertiary alicyclic amines) is 1. The molecule has 0 amide bonds. The van der Waals surface area contributed by atoms with Gasteiger partial charge >= 0.3 is 0 Å². The highest BCUT2D eigenvalue weighted by Crippen LogP contribution is 2.35. The van der Waals surface area contributed by atoms with Crippen molar-refractivity contribution in [3.05, 3.63) is 54.5 Å². The second-order valence-electron chi connectivity index (χ2n) is 8.33. The molecule has 0 radical (unpaired) electrons. The smallest absolute Gasteiger partial charge is 0.191 e. The molecule has 2 aliphatic rings. The van der Waals surface area contributed by atoms with Crippen molar-refractivity contribution in [3.8, 4) is 11.5 Å². The second kappa shape index (κ2) is 8.96. The Morgan fingerprint density at radius 1 is 1.13 bits per heavy atom. The third-order valence-electron chi connectivity index (χ3n) is 6.34. The highest BCUT2D eigenvalue weighted by Gasteiger charge is 2.41. The molecule has 8 heteroatoms. The van der Waals surface area contributed by atoms with Crippen LogP contribution in [0.3, 0.4) is 0 Å². The molecule has 2 saturated heterocycles. The molecular formula is C23H27FN6S. The second-order valence-corrected chi connectivity index (χ2v) is 9.39. The van der Waals surface area contributed by atoms with Crippen molar-refractivity contribution < 1.29 is 4.39 Å². The number of halogens is 1. The maximum atomic E-state index is 13.7. The predicted octanol–water partition coefficient (Wildman–Crippen LogP) is 3.71. The topological polar surface area (TPSA) is 50.1 Å². The van der Waals surface area contributed by atoms with Gasteiger partial charge in [-0.2, -0.15) is 0 Å². The van der Waals surface area contributed by atoms with Gasteiger partial charge in [-0.3, -0.25) is 4.98 Å². The monoisotopic (exact) mass is 438 g/mol. The minimum Gasteiger partial charge on any atom is -0.367 e. The summed E-state index contributed by atoms with van der Waals surface area (Å²) in [6.07, 6.45) is 4.08. The van der Waals surface area contributed by atoms with E-state index >= 15 is 0 Å². The first kappa shape index (κ1) is 20.5. The fourth-order valence-electron chi connectivity index (χ4n) is 4.82. The average molecular weight is 439 g/mol. The number of nitrogens with zero attached hydrogens (tertiary/aromatic N) is 6. The first-order chi connectivity index (χ1) is 15.2. The fourth-order valence-corrected chi connectivity index (χ4v) is 5.65. The number of fused-ring (bicyclic) bond motifs is 1. The molecule has 0 saturated carbocycles. The molecule has 2 atom stereocenters. The molecule has 4 heterocycles. The SMILES string of the molecule is Cn1c(SCCCN2CC3CCN(c4cccc(F)c4)C3C2)nnc1-c1ccccn1. The summed E-state index contributed by atoms with van der Waals surface area (Å²) in [6, 6.07) is 13.4. The molecule has 31 heavy (non-hydrogen) atoms. The average Bonchev–Trinajstić information content (AvgIpc) is 3.46. The number of hydrogen-bond donors (Lipinski definition) is 0. The minimum atomic E-state index is -0.150. The Kier molecular flexibility index (Phi) is 5.91. The lowest BCUT2D eigenvalue weighted by atomic mass is 10.1. The van der Waals surface area contributed by atoms with Crippen LogP contribution in [-0.4, -0.2) is 62.6 Å². The van der Waals surface area contributed by atoms with Gasteiger partial charge in [0.1, 0.15) is 11.5 Å². The maximum absolute atomic E-state index is 13.7. The number of hydrogen-bond acceptors (Lipinski definition) is 6. The Morgan fingerprint density at radius 2 is 2.06 bits per heavy atom. The van der Waals surface area contributed by atoms with E-state index in [9.17, 15) is 4.39 Å². The largest absolute Gasteiger partial charge is 0.367 e. The van der Waals surface area contributed by atoms with Crippen molar-refractivity contribution in [1.29, 1.82) is 0 Å². The van der Waals surface area contributed by atoms with E-state index in [2.05, 4.69) is 25.0 Å². The van der Waals surface area contributed by atoms with Crippen LogP contribution < -0.4 is 4.90 Å². The molecule has 162 valence electrons. The Hall–Kier alpha value is -2.45. The fraction of sp³-hybridized carbons (Fsp3) is 0.435. The number of anilines is 1. The summed E-state index contributed by atoms with van der Waals surface area (Å²) in [5, 5.41) is 9.58. The molecule has 2 unspecified atom stereocenters. The molecule has 1 aromatic carbocycles. The van der Waals surface area contributed by atoms with Gasteiger partial charge in [-0.15, -0.1) is 10.2 Å². The first-order valence-electron chi connectivity index (χ1n) is 10.9. The summed E-state index contributed by atoms with van der Waals surface area (Å²) < 4.78 is 15.7. The van der Waals surface area contributed by atoms with Gasteiger partial charge in [-0.25, -0.2) is 4.39 Å². The molecule has 2 aromatic heterocycles. The lowest BCUT2D eigenvalue weighted by molar-refractivity contribution is 0.319. The van der Waals surface area contributed by atoms with Crippen LogP contribution in [0.25, 0.3) is 11.5 Å². The lowest BCUT2D eigenvalue weighted by Gasteiger charge is -2.27. The molecule has 0 aliphatic carbocycles. The highest BCUT2D eigenvalue weighted by molar-refractivity contribution is 7.99. The van der Waals surface area contributed by atoms with E-state index in [0.29, 0.717) is 12.0 Å². The van der Waals surface area contributed by atoms with Crippen LogP contribution in [0.15, 0.2) is 53.8 Å². The van der Waals surface area contributed by atoms with Gasteiger partial charge < -0.3 is 14.4 Å². The Balaban J connectivity index is 1.11. The van der Waals surface area contributed by atoms with Crippen LogP contribution >= 0.6 is 11.8 Å². The quantitative estimate of drug-likeness (QED) is 0.414. The zero-order valence-corrected chi connectivity index (χ0v) is 18.5. The normalized spacial score (nSPS) is 21.0. The van der Waals surface area contributed by atoms with Crippen molar-refractivity contribution in [3.63, 3.8) is 0 Å². The number of thioether (sulfide) groups is 1. The lowest BCUT2D eigenvalue weighted by Crippen LogP contribution is -2.35. The van der Waals surface area contributed by atoms with Gasteiger partial charge in [0.25, 0.3) is 0 Å². The van der Waals surface area contributed by atoms with Crippen molar-refractivity contribution >= 4 is 17.4 Å². The van der Waals surface area contributed by atoms with Crippen LogP contribution in [0.4, 0.5) is 10.1 Å². The van der Waals surface area contributed by atoms with E-state index in [1.54, 1.807) is 24.0 Å². The molecular weight excluding hydrogens is 411 g/mol. The van der Waals surface area contributed by atoms with E-state index in [0.717, 1.165) is 60.7 Å². The Morgan fingerprint density at radius 3 is 2.90 bits per heavy atom.